The number of pyridine rings is 2. The van der Waals surface area contributed by atoms with E-state index in [0.29, 0.717) is 27.6 Å². The van der Waals surface area contributed by atoms with E-state index in [9.17, 15) is 24.6 Å². The van der Waals surface area contributed by atoms with E-state index >= 15 is 0 Å². The van der Waals surface area contributed by atoms with Gasteiger partial charge in [0.25, 0.3) is 5.69 Å². The number of carboxylic acid groups (broad SMARTS) is 2. The van der Waals surface area contributed by atoms with Crippen LogP contribution >= 0.6 is 11.6 Å². The summed E-state index contributed by atoms with van der Waals surface area (Å²) in [6, 6.07) is 10.6. The normalized spacial score (nSPS) is 11.8. The number of nitrogens with zero attached hydrogens (tertiary/aromatic N) is 4. The van der Waals surface area contributed by atoms with Gasteiger partial charge >= 0.3 is 11.9 Å². The van der Waals surface area contributed by atoms with Crippen LogP contribution in [0.25, 0.3) is 22.0 Å². The number of aryl methyl sites for hydroxylation is 1. The quantitative estimate of drug-likeness (QED) is 0.208. The number of carbonyl (C=O) groups is 2. The van der Waals surface area contributed by atoms with E-state index in [2.05, 4.69) is 11.8 Å². The first-order valence-corrected chi connectivity index (χ1v) is 10.0. The van der Waals surface area contributed by atoms with Crippen molar-refractivity contribution < 1.29 is 24.5 Å². The summed E-state index contributed by atoms with van der Waals surface area (Å²) in [5, 5.41) is 24.6. The van der Waals surface area contributed by atoms with Crippen LogP contribution in [0, 0.1) is 0 Å². The number of rotatable bonds is 4. The summed E-state index contributed by atoms with van der Waals surface area (Å²) in [5.41, 5.74) is 1.04. The van der Waals surface area contributed by atoms with Gasteiger partial charge in [-0.1, -0.05) is 16.3 Å². The van der Waals surface area contributed by atoms with Crippen molar-refractivity contribution in [3.63, 3.8) is 0 Å². The lowest BCUT2D eigenvalue weighted by molar-refractivity contribution is -0.441. The predicted molar refractivity (Wildman–Crippen MR) is 123 cm³/mol. The largest absolute Gasteiger partial charge is 0.478 e. The van der Waals surface area contributed by atoms with Crippen molar-refractivity contribution in [2.45, 2.75) is 0 Å². The molecule has 0 spiro atoms. The van der Waals surface area contributed by atoms with Crippen LogP contribution in [0.5, 0.6) is 0 Å². The van der Waals surface area contributed by atoms with Crippen LogP contribution in [0.3, 0.4) is 0 Å². The molecule has 0 unspecified atom stereocenters. The molecule has 2 aliphatic rings. The summed E-state index contributed by atoms with van der Waals surface area (Å²) in [6.07, 6.45) is 1.75. The second-order valence-corrected chi connectivity index (χ2v) is 7.77. The fourth-order valence-electron chi connectivity index (χ4n) is 3.69. The van der Waals surface area contributed by atoms with Crippen LogP contribution in [0.2, 0.25) is 5.15 Å². The zero-order valence-corrected chi connectivity index (χ0v) is 18.4. The molecule has 0 fully saturated rings. The summed E-state index contributed by atoms with van der Waals surface area (Å²) < 4.78 is 4.48. The highest BCUT2D eigenvalue weighted by atomic mass is 35.5. The molecular formula is C23H18ClN4O5+. The van der Waals surface area contributed by atoms with Gasteiger partial charge in [0.2, 0.25) is 5.49 Å². The van der Waals surface area contributed by atoms with E-state index in [4.69, 9.17) is 11.6 Å². The first kappa shape index (κ1) is 22.0. The predicted octanol–water partition coefficient (Wildman–Crippen LogP) is 2.89. The van der Waals surface area contributed by atoms with E-state index in [1.807, 2.05) is 0 Å². The monoisotopic (exact) mass is 465 g/mol. The third kappa shape index (κ3) is 3.68. The number of benzene rings is 2. The number of hydrogen-bond donors (Lipinski definition) is 2. The molecule has 1 aromatic carbocycles. The van der Waals surface area contributed by atoms with Crippen LogP contribution in [0.15, 0.2) is 58.6 Å². The molecule has 2 heterocycles. The van der Waals surface area contributed by atoms with Crippen molar-refractivity contribution >= 4 is 46.7 Å². The Kier molecular flexibility index (Phi) is 5.35. The van der Waals surface area contributed by atoms with Gasteiger partial charge in [0.1, 0.15) is 10.8 Å². The number of aromatic carboxylic acids is 2. The molecule has 4 rings (SSSR count). The Bertz CT molecular complexity index is 1600. The Balaban J connectivity index is 1.98. The van der Waals surface area contributed by atoms with Gasteiger partial charge in [-0.15, -0.1) is 0 Å². The minimum Gasteiger partial charge on any atom is -0.478 e. The van der Waals surface area contributed by atoms with Crippen LogP contribution in [0.4, 0.5) is 5.69 Å². The topological polar surface area (TPSA) is 117 Å². The zero-order valence-electron chi connectivity index (χ0n) is 17.6. The highest BCUT2D eigenvalue weighted by Gasteiger charge is 2.26. The van der Waals surface area contributed by atoms with Crippen LogP contribution in [-0.2, 0) is 14.1 Å². The second kappa shape index (κ2) is 8.03. The summed E-state index contributed by atoms with van der Waals surface area (Å²) in [4.78, 5) is 35.3. The van der Waals surface area contributed by atoms with Gasteiger partial charge in [-0.25, -0.2) is 9.59 Å². The molecule has 2 aromatic rings. The Labute approximate surface area is 191 Å². The summed E-state index contributed by atoms with van der Waals surface area (Å²) in [6.45, 7) is 3.99. The fourth-order valence-corrected chi connectivity index (χ4v) is 3.91. The molecule has 9 nitrogen and oxygen atoms in total. The van der Waals surface area contributed by atoms with Crippen LogP contribution in [-0.4, -0.2) is 42.7 Å². The molecule has 1 aliphatic carbocycles. The Morgan fingerprint density at radius 1 is 1.06 bits per heavy atom. The van der Waals surface area contributed by atoms with Gasteiger partial charge in [0.05, 0.1) is 16.7 Å². The molecule has 33 heavy (non-hydrogen) atoms. The molecular weight excluding hydrogens is 448 g/mol. The molecule has 2 N–H and O–H groups in total. The molecule has 0 saturated heterocycles. The summed E-state index contributed by atoms with van der Waals surface area (Å²) in [7, 11) is 3.34. The highest BCUT2D eigenvalue weighted by molar-refractivity contribution is 6.32. The van der Waals surface area contributed by atoms with E-state index in [0.717, 1.165) is 0 Å². The number of aromatic nitrogens is 2. The van der Waals surface area contributed by atoms with Crippen molar-refractivity contribution in [2.24, 2.45) is 19.2 Å². The van der Waals surface area contributed by atoms with E-state index in [1.165, 1.54) is 33.5 Å². The molecule has 0 bridgehead atoms. The van der Waals surface area contributed by atoms with E-state index in [-0.39, 0.29) is 27.3 Å². The molecule has 0 atom stereocenters. The first-order chi connectivity index (χ1) is 15.6. The lowest BCUT2D eigenvalue weighted by atomic mass is 10.0. The summed E-state index contributed by atoms with van der Waals surface area (Å²) in [5.74, 6) is -2.28. The van der Waals surface area contributed by atoms with Crippen LogP contribution in [0.1, 0.15) is 20.7 Å². The molecule has 0 amide bonds. The van der Waals surface area contributed by atoms with Gasteiger partial charge in [-0.05, 0) is 41.8 Å². The lowest BCUT2D eigenvalue weighted by Gasteiger charge is -2.15. The highest BCUT2D eigenvalue weighted by Crippen LogP contribution is 2.33. The van der Waals surface area contributed by atoms with Gasteiger partial charge in [0.15, 0.2) is 12.1 Å². The molecule has 1 aromatic heterocycles. The minimum atomic E-state index is -1.25. The van der Waals surface area contributed by atoms with Crippen molar-refractivity contribution in [1.82, 2.24) is 9.13 Å². The lowest BCUT2D eigenvalue weighted by Crippen LogP contribution is -2.21. The molecule has 0 saturated carbocycles. The maximum atomic E-state index is 12.5. The summed E-state index contributed by atoms with van der Waals surface area (Å²) >= 11 is 6.26. The van der Waals surface area contributed by atoms with Crippen molar-refractivity contribution in [2.75, 3.05) is 0 Å². The minimum absolute atomic E-state index is 0.0489. The first-order valence-electron chi connectivity index (χ1n) is 9.63. The number of hydrogen-bond acceptors (Lipinski definition) is 4. The third-order valence-electron chi connectivity index (χ3n) is 5.37. The van der Waals surface area contributed by atoms with Crippen molar-refractivity contribution in [3.05, 3.63) is 80.7 Å². The smallest absolute Gasteiger partial charge is 0.338 e. The third-order valence-corrected chi connectivity index (χ3v) is 5.83. The standard InChI is InChI=1S/C23H17ClN4O5/c1-26-9-8-12-10-13(22(30)31)4-5-14(12)21(26)25-28(3)17-6-7-18(29)15-11-16(23(32)33)20(24)27(2)19(15)17/h4-11H,3H2,1-2H3,(H-,30,31,32,33)/p+1. The van der Waals surface area contributed by atoms with E-state index < -0.39 is 11.9 Å². The van der Waals surface area contributed by atoms with Gasteiger partial charge < -0.3 is 19.3 Å². The zero-order chi connectivity index (χ0) is 24.0. The molecule has 0 radical (unpaired) electrons. The molecule has 1 aliphatic heterocycles. The molecule has 166 valence electrons. The van der Waals surface area contributed by atoms with Gasteiger partial charge in [0, 0.05) is 36.8 Å². The Morgan fingerprint density at radius 2 is 1.79 bits per heavy atom. The second-order valence-electron chi connectivity index (χ2n) is 7.42. The number of fused-ring (bicyclic) bond motifs is 2. The van der Waals surface area contributed by atoms with Crippen molar-refractivity contribution in [3.8, 4) is 11.3 Å². The van der Waals surface area contributed by atoms with E-state index in [1.54, 1.807) is 43.1 Å². The van der Waals surface area contributed by atoms with Gasteiger partial charge in [-0.3, -0.25) is 4.79 Å². The number of carboxylic acids is 2. The van der Waals surface area contributed by atoms with Gasteiger partial charge in [-0.2, -0.15) is 0 Å². The van der Waals surface area contributed by atoms with Crippen LogP contribution < -0.4 is 10.9 Å². The maximum absolute atomic E-state index is 12.5. The van der Waals surface area contributed by atoms with Crippen molar-refractivity contribution in [1.29, 1.82) is 0 Å². The molecule has 10 heteroatoms. The Morgan fingerprint density at radius 3 is 2.45 bits per heavy atom. The Hall–Kier alpha value is -4.24. The number of halogens is 1. The average Bonchev–Trinajstić information content (AvgIpc) is 2.77. The fraction of sp³-hybridized carbons (Fsp3) is 0.0870. The SMILES string of the molecule is C=[N+](N=c1c2ccc(C(=O)O)cc2ccn1C)c1ccc(=O)c2cc(C(=O)O)c(Cl)n(C)c1-2. The maximum Gasteiger partial charge on any atom is 0.338 e. The average molecular weight is 466 g/mol.